The van der Waals surface area contributed by atoms with Crippen LogP contribution in [0.5, 0.6) is 0 Å². The minimum Gasteiger partial charge on any atom is -0.146 e. The summed E-state index contributed by atoms with van der Waals surface area (Å²) in [6.45, 7) is 6.74. The van der Waals surface area contributed by atoms with Crippen molar-refractivity contribution in [2.24, 2.45) is 0 Å². The number of hydrogen-bond donors (Lipinski definition) is 0. The molecule has 0 aromatic carbocycles. The van der Waals surface area contributed by atoms with Crippen LogP contribution in [0.3, 0.4) is 0 Å². The van der Waals surface area contributed by atoms with E-state index in [0.29, 0.717) is 6.61 Å². The van der Waals surface area contributed by atoms with Gasteiger partial charge in [0.25, 0.3) is 0 Å². The number of unbranched alkanes of at least 4 members (excludes halogenated alkanes) is 1. The summed E-state index contributed by atoms with van der Waals surface area (Å²) in [7, 11) is -1.40. The standard InChI is InChI=1S/C8H18O2P.Al/c1-4-6-7-10-11(9)8(3)5-2;/h8H,4-7H2,1-3H3;/q+1;. The summed E-state index contributed by atoms with van der Waals surface area (Å²) in [5.41, 5.74) is 0.210. The van der Waals surface area contributed by atoms with Crippen molar-refractivity contribution in [1.29, 1.82) is 0 Å². The van der Waals surface area contributed by atoms with Gasteiger partial charge in [0.2, 0.25) is 0 Å². The highest BCUT2D eigenvalue weighted by Gasteiger charge is 2.25. The molecule has 69 valence electrons. The van der Waals surface area contributed by atoms with Crippen molar-refractivity contribution in [1.82, 2.24) is 0 Å². The Bertz CT molecular complexity index is 120. The van der Waals surface area contributed by atoms with Crippen LogP contribution in [0.15, 0.2) is 0 Å². The summed E-state index contributed by atoms with van der Waals surface area (Å²) in [6.07, 6.45) is 3.04. The highest BCUT2D eigenvalue weighted by atomic mass is 31.1. The van der Waals surface area contributed by atoms with Crippen molar-refractivity contribution in [3.63, 3.8) is 0 Å². The van der Waals surface area contributed by atoms with Crippen LogP contribution in [0.2, 0.25) is 0 Å². The highest BCUT2D eigenvalue weighted by Crippen LogP contribution is 2.31. The van der Waals surface area contributed by atoms with E-state index in [1.54, 1.807) is 0 Å². The normalized spacial score (nSPS) is 13.4. The van der Waals surface area contributed by atoms with E-state index in [0.717, 1.165) is 19.3 Å². The Hall–Kier alpha value is 0.592. The van der Waals surface area contributed by atoms with Gasteiger partial charge in [0, 0.05) is 17.4 Å². The van der Waals surface area contributed by atoms with Crippen molar-refractivity contribution in [3.05, 3.63) is 0 Å². The molecule has 0 saturated carbocycles. The van der Waals surface area contributed by atoms with E-state index in [9.17, 15) is 4.57 Å². The van der Waals surface area contributed by atoms with Gasteiger partial charge in [-0.3, -0.25) is 0 Å². The maximum atomic E-state index is 11.2. The van der Waals surface area contributed by atoms with Gasteiger partial charge in [-0.15, -0.1) is 4.52 Å². The van der Waals surface area contributed by atoms with Gasteiger partial charge >= 0.3 is 8.03 Å². The molecule has 0 amide bonds. The van der Waals surface area contributed by atoms with Crippen molar-refractivity contribution < 1.29 is 9.09 Å². The third-order valence-electron chi connectivity index (χ3n) is 1.67. The van der Waals surface area contributed by atoms with Crippen LogP contribution in [0.1, 0.15) is 40.0 Å². The predicted octanol–water partition coefficient (Wildman–Crippen LogP) is 2.96. The summed E-state index contributed by atoms with van der Waals surface area (Å²) >= 11 is 0. The Morgan fingerprint density at radius 1 is 1.42 bits per heavy atom. The maximum Gasteiger partial charge on any atom is 0.510 e. The molecule has 0 aliphatic rings. The lowest BCUT2D eigenvalue weighted by molar-refractivity contribution is 0.315. The largest absolute Gasteiger partial charge is 0.510 e. The highest BCUT2D eigenvalue weighted by molar-refractivity contribution is 7.39. The predicted molar refractivity (Wildman–Crippen MR) is 54.0 cm³/mol. The van der Waals surface area contributed by atoms with E-state index in [2.05, 4.69) is 6.92 Å². The fourth-order valence-corrected chi connectivity index (χ4v) is 1.44. The summed E-state index contributed by atoms with van der Waals surface area (Å²) in [4.78, 5) is 0. The minimum atomic E-state index is -1.40. The zero-order valence-electron chi connectivity index (χ0n) is 8.25. The maximum absolute atomic E-state index is 11.2. The SMILES string of the molecule is CCCCO[P+](=O)C(C)CC.[Al]. The third kappa shape index (κ3) is 7.25. The molecule has 0 rings (SSSR count). The Balaban J connectivity index is 0. The van der Waals surface area contributed by atoms with Gasteiger partial charge < -0.3 is 0 Å². The molecule has 4 heteroatoms. The van der Waals surface area contributed by atoms with Gasteiger partial charge in [-0.1, -0.05) is 20.3 Å². The van der Waals surface area contributed by atoms with Gasteiger partial charge in [-0.05, 0) is 24.3 Å². The molecule has 3 radical (unpaired) electrons. The summed E-state index contributed by atoms with van der Waals surface area (Å²) in [5.74, 6) is 0. The second-order valence-electron chi connectivity index (χ2n) is 2.73. The van der Waals surface area contributed by atoms with Gasteiger partial charge in [0.1, 0.15) is 6.61 Å². The van der Waals surface area contributed by atoms with Crippen LogP contribution in [0, 0.1) is 0 Å². The molecular weight excluding hydrogens is 186 g/mol. The lowest BCUT2D eigenvalue weighted by Crippen LogP contribution is -1.96. The van der Waals surface area contributed by atoms with E-state index < -0.39 is 8.03 Å². The lowest BCUT2D eigenvalue weighted by Gasteiger charge is -1.94. The molecule has 0 spiro atoms. The molecule has 12 heavy (non-hydrogen) atoms. The first kappa shape index (κ1) is 15.1. The second-order valence-corrected chi connectivity index (χ2v) is 4.44. The van der Waals surface area contributed by atoms with Crippen LogP contribution in [0.25, 0.3) is 0 Å². The van der Waals surface area contributed by atoms with Gasteiger partial charge in [0.15, 0.2) is 5.66 Å². The van der Waals surface area contributed by atoms with Gasteiger partial charge in [-0.25, -0.2) is 0 Å². The molecule has 0 aliphatic heterocycles. The molecule has 0 aliphatic carbocycles. The first-order valence-corrected chi connectivity index (χ1v) is 5.56. The Morgan fingerprint density at radius 3 is 2.42 bits per heavy atom. The molecule has 2 unspecified atom stereocenters. The minimum absolute atomic E-state index is 0. The Labute approximate surface area is 87.1 Å². The van der Waals surface area contributed by atoms with Crippen LogP contribution in [0.4, 0.5) is 0 Å². The average molecular weight is 204 g/mol. The fourth-order valence-electron chi connectivity index (χ4n) is 0.575. The van der Waals surface area contributed by atoms with Crippen molar-refractivity contribution in [2.45, 2.75) is 45.7 Å². The van der Waals surface area contributed by atoms with E-state index in [1.807, 2.05) is 13.8 Å². The molecule has 0 N–H and O–H groups in total. The second kappa shape index (κ2) is 9.68. The van der Waals surface area contributed by atoms with Crippen LogP contribution in [-0.2, 0) is 9.09 Å². The first-order chi connectivity index (χ1) is 5.22. The molecule has 2 atom stereocenters. The fraction of sp³-hybridized carbons (Fsp3) is 1.00. The molecule has 0 aromatic rings. The molecule has 0 heterocycles. The molecule has 0 aromatic heterocycles. The van der Waals surface area contributed by atoms with Crippen molar-refractivity contribution >= 4 is 25.4 Å². The van der Waals surface area contributed by atoms with Gasteiger partial charge in [0.05, 0.1) is 0 Å². The topological polar surface area (TPSA) is 26.3 Å². The van der Waals surface area contributed by atoms with E-state index >= 15 is 0 Å². The molecule has 0 saturated heterocycles. The number of rotatable bonds is 6. The van der Waals surface area contributed by atoms with Crippen LogP contribution >= 0.6 is 8.03 Å². The van der Waals surface area contributed by atoms with Crippen molar-refractivity contribution in [2.75, 3.05) is 6.61 Å². The Kier molecular flexibility index (Phi) is 12.2. The summed E-state index contributed by atoms with van der Waals surface area (Å²) < 4.78 is 16.3. The number of hydrogen-bond acceptors (Lipinski definition) is 2. The van der Waals surface area contributed by atoms with E-state index in [4.69, 9.17) is 4.52 Å². The van der Waals surface area contributed by atoms with Crippen molar-refractivity contribution in [3.8, 4) is 0 Å². The zero-order chi connectivity index (χ0) is 8.69. The van der Waals surface area contributed by atoms with E-state index in [1.165, 1.54) is 0 Å². The van der Waals surface area contributed by atoms with Gasteiger partial charge in [-0.2, -0.15) is 0 Å². The van der Waals surface area contributed by atoms with Crippen LogP contribution < -0.4 is 0 Å². The first-order valence-electron chi connectivity index (χ1n) is 4.31. The third-order valence-corrected chi connectivity index (χ3v) is 3.19. The summed E-state index contributed by atoms with van der Waals surface area (Å²) in [6, 6.07) is 0. The monoisotopic (exact) mass is 204 g/mol. The average Bonchev–Trinajstić information content (AvgIpc) is 2.03. The smallest absolute Gasteiger partial charge is 0.146 e. The van der Waals surface area contributed by atoms with Crippen LogP contribution in [-0.4, -0.2) is 29.6 Å². The summed E-state index contributed by atoms with van der Waals surface area (Å²) in [5, 5.41) is 0. The lowest BCUT2D eigenvalue weighted by atomic mass is 10.4. The molecule has 0 bridgehead atoms. The quantitative estimate of drug-likeness (QED) is 0.377. The zero-order valence-corrected chi connectivity index (χ0v) is 10.3. The molecule has 0 fully saturated rings. The molecular formula is C8H18AlO2P+. The molecule has 2 nitrogen and oxygen atoms in total. The van der Waals surface area contributed by atoms with E-state index in [-0.39, 0.29) is 23.0 Å². The Morgan fingerprint density at radius 2 is 2.00 bits per heavy atom.